The molecule has 1 saturated heterocycles. The van der Waals surface area contributed by atoms with Crippen LogP contribution in [0.15, 0.2) is 48.0 Å². The second kappa shape index (κ2) is 10.5. The standard InChI is InChI=1S/C27H25FN2O6S/c1-5-12-36-19-11-10-16(13-14(19)2)22(31)20-21(17-8-6-7-9-18(17)28)30(25(33)23(20)32)27-29-15(3)24(37-27)26(34)35-4/h6-11,13,21,31H,5,12H2,1-4H3/t21-/m0/s1. The molecule has 8 nitrogen and oxygen atoms in total. The van der Waals surface area contributed by atoms with Crippen molar-refractivity contribution < 1.29 is 33.4 Å². The monoisotopic (exact) mass is 524 g/mol. The van der Waals surface area contributed by atoms with Crippen LogP contribution >= 0.6 is 11.3 Å². The Bertz CT molecular complexity index is 1430. The van der Waals surface area contributed by atoms with Crippen molar-refractivity contribution in [3.8, 4) is 5.75 Å². The zero-order valence-electron chi connectivity index (χ0n) is 20.7. The van der Waals surface area contributed by atoms with Gasteiger partial charge in [-0.3, -0.25) is 14.5 Å². The number of aliphatic hydroxyl groups is 1. The molecule has 37 heavy (non-hydrogen) atoms. The second-order valence-corrected chi connectivity index (χ2v) is 9.40. The van der Waals surface area contributed by atoms with E-state index in [9.17, 15) is 19.5 Å². The minimum Gasteiger partial charge on any atom is -0.507 e. The van der Waals surface area contributed by atoms with E-state index < -0.39 is 35.3 Å². The van der Waals surface area contributed by atoms with Gasteiger partial charge in [0.05, 0.1) is 25.0 Å². The van der Waals surface area contributed by atoms with Gasteiger partial charge < -0.3 is 14.6 Å². The van der Waals surface area contributed by atoms with Gasteiger partial charge in [-0.2, -0.15) is 0 Å². The molecule has 1 N–H and O–H groups in total. The zero-order chi connectivity index (χ0) is 26.9. The molecule has 192 valence electrons. The number of aromatic nitrogens is 1. The maximum atomic E-state index is 15.1. The summed E-state index contributed by atoms with van der Waals surface area (Å²) in [5.41, 5.74) is 0.984. The molecule has 1 aliphatic rings. The number of methoxy groups -OCH3 is 1. The molecule has 4 rings (SSSR count). The van der Waals surface area contributed by atoms with Crippen LogP contribution in [0, 0.1) is 19.7 Å². The first-order valence-electron chi connectivity index (χ1n) is 11.5. The summed E-state index contributed by atoms with van der Waals surface area (Å²) in [5.74, 6) is -3.16. The van der Waals surface area contributed by atoms with Gasteiger partial charge in [0.2, 0.25) is 0 Å². The Morgan fingerprint density at radius 1 is 1.19 bits per heavy atom. The van der Waals surface area contributed by atoms with E-state index in [4.69, 9.17) is 9.47 Å². The number of hydrogen-bond donors (Lipinski definition) is 1. The van der Waals surface area contributed by atoms with Crippen molar-refractivity contribution >= 4 is 39.9 Å². The van der Waals surface area contributed by atoms with Crippen LogP contribution in [-0.4, -0.2) is 41.5 Å². The molecular weight excluding hydrogens is 499 g/mol. The topological polar surface area (TPSA) is 106 Å². The van der Waals surface area contributed by atoms with Gasteiger partial charge in [0.15, 0.2) is 5.13 Å². The number of aliphatic hydroxyl groups excluding tert-OH is 1. The number of Topliss-reactive ketones (excluding diaryl/α,β-unsaturated/α-hetero) is 1. The Morgan fingerprint density at radius 2 is 1.92 bits per heavy atom. The van der Waals surface area contributed by atoms with Crippen LogP contribution in [0.2, 0.25) is 0 Å². The van der Waals surface area contributed by atoms with E-state index in [2.05, 4.69) is 4.98 Å². The lowest BCUT2D eigenvalue weighted by Gasteiger charge is -2.23. The highest BCUT2D eigenvalue weighted by atomic mass is 32.1. The first-order chi connectivity index (χ1) is 17.7. The largest absolute Gasteiger partial charge is 0.507 e. The van der Waals surface area contributed by atoms with Crippen molar-refractivity contribution in [2.24, 2.45) is 0 Å². The Labute approximate surface area is 217 Å². The number of amides is 1. The fourth-order valence-corrected chi connectivity index (χ4v) is 5.13. The van der Waals surface area contributed by atoms with Crippen molar-refractivity contribution in [2.75, 3.05) is 18.6 Å². The summed E-state index contributed by atoms with van der Waals surface area (Å²) in [6.45, 7) is 5.86. The van der Waals surface area contributed by atoms with E-state index in [1.54, 1.807) is 38.1 Å². The molecule has 10 heteroatoms. The van der Waals surface area contributed by atoms with Crippen molar-refractivity contribution in [3.05, 3.63) is 81.1 Å². The fourth-order valence-electron chi connectivity index (χ4n) is 4.11. The third kappa shape index (κ3) is 4.72. The number of ketones is 1. The first kappa shape index (κ1) is 26.0. The van der Waals surface area contributed by atoms with Gasteiger partial charge >= 0.3 is 11.9 Å². The number of hydrogen-bond acceptors (Lipinski definition) is 8. The summed E-state index contributed by atoms with van der Waals surface area (Å²) >= 11 is 0.845. The summed E-state index contributed by atoms with van der Waals surface area (Å²) in [7, 11) is 1.22. The average molecular weight is 525 g/mol. The van der Waals surface area contributed by atoms with E-state index in [0.717, 1.165) is 22.7 Å². The number of aryl methyl sites for hydroxylation is 2. The molecule has 0 saturated carbocycles. The lowest BCUT2D eigenvalue weighted by atomic mass is 9.94. The highest BCUT2D eigenvalue weighted by Gasteiger charge is 2.49. The van der Waals surface area contributed by atoms with Crippen LogP contribution in [0.25, 0.3) is 5.76 Å². The minimum atomic E-state index is -1.31. The summed E-state index contributed by atoms with van der Waals surface area (Å²) < 4.78 is 25.5. The third-order valence-corrected chi connectivity index (χ3v) is 7.05. The van der Waals surface area contributed by atoms with E-state index >= 15 is 4.39 Å². The molecule has 3 aromatic rings. The molecule has 1 atom stereocenters. The van der Waals surface area contributed by atoms with Crippen LogP contribution < -0.4 is 9.64 Å². The minimum absolute atomic E-state index is 0.00431. The van der Waals surface area contributed by atoms with Gasteiger partial charge in [-0.1, -0.05) is 36.5 Å². The van der Waals surface area contributed by atoms with Crippen LogP contribution in [0.1, 0.15) is 51.4 Å². The molecule has 0 spiro atoms. The highest BCUT2D eigenvalue weighted by Crippen LogP contribution is 2.44. The lowest BCUT2D eigenvalue weighted by Crippen LogP contribution is -2.29. The Morgan fingerprint density at radius 3 is 2.57 bits per heavy atom. The average Bonchev–Trinajstić information content (AvgIpc) is 3.39. The summed E-state index contributed by atoms with van der Waals surface area (Å²) in [6, 6.07) is 9.24. The predicted molar refractivity (Wildman–Crippen MR) is 136 cm³/mol. The SMILES string of the molecule is CCCOc1ccc(C(O)=C2C(=O)C(=O)N(c3nc(C)c(C(=O)OC)s3)[C@H]2c2ccccc2F)cc1C. The van der Waals surface area contributed by atoms with Crippen molar-refractivity contribution in [1.82, 2.24) is 4.98 Å². The maximum absolute atomic E-state index is 15.1. The summed E-state index contributed by atoms with van der Waals surface area (Å²) in [4.78, 5) is 44.2. The lowest BCUT2D eigenvalue weighted by molar-refractivity contribution is -0.132. The molecule has 1 fully saturated rings. The zero-order valence-corrected chi connectivity index (χ0v) is 21.5. The number of rotatable bonds is 7. The number of halogens is 1. The second-order valence-electron chi connectivity index (χ2n) is 8.42. The predicted octanol–water partition coefficient (Wildman–Crippen LogP) is 5.10. The normalized spacial score (nSPS) is 16.8. The van der Waals surface area contributed by atoms with Crippen molar-refractivity contribution in [3.63, 3.8) is 0 Å². The Kier molecular flexibility index (Phi) is 7.40. The highest BCUT2D eigenvalue weighted by molar-refractivity contribution is 7.17. The number of esters is 1. The number of nitrogens with zero attached hydrogens (tertiary/aromatic N) is 2. The quantitative estimate of drug-likeness (QED) is 0.198. The number of anilines is 1. The van der Waals surface area contributed by atoms with E-state index in [1.807, 2.05) is 6.92 Å². The van der Waals surface area contributed by atoms with Crippen LogP contribution in [-0.2, 0) is 14.3 Å². The number of thiazole rings is 1. The smallest absolute Gasteiger partial charge is 0.350 e. The summed E-state index contributed by atoms with van der Waals surface area (Å²) in [6.07, 6.45) is 0.821. The molecular formula is C27H25FN2O6S. The molecule has 1 aromatic heterocycles. The van der Waals surface area contributed by atoms with Crippen molar-refractivity contribution in [2.45, 2.75) is 33.2 Å². The molecule has 0 bridgehead atoms. The van der Waals surface area contributed by atoms with E-state index in [0.29, 0.717) is 23.6 Å². The van der Waals surface area contributed by atoms with Gasteiger partial charge in [-0.15, -0.1) is 0 Å². The molecule has 0 aliphatic carbocycles. The number of ether oxygens (including phenoxy) is 2. The number of carbonyl (C=O) groups excluding carboxylic acids is 3. The maximum Gasteiger partial charge on any atom is 0.350 e. The van der Waals surface area contributed by atoms with E-state index in [-0.39, 0.29) is 26.7 Å². The third-order valence-electron chi connectivity index (χ3n) is 5.92. The van der Waals surface area contributed by atoms with Crippen LogP contribution in [0.4, 0.5) is 9.52 Å². The Hall–Kier alpha value is -4.05. The van der Waals surface area contributed by atoms with Gasteiger partial charge in [0, 0.05) is 11.1 Å². The summed E-state index contributed by atoms with van der Waals surface area (Å²) in [5, 5.41) is 11.3. The van der Waals surface area contributed by atoms with Gasteiger partial charge in [0.1, 0.15) is 28.2 Å². The molecule has 2 aromatic carbocycles. The first-order valence-corrected chi connectivity index (χ1v) is 12.4. The number of benzene rings is 2. The van der Waals surface area contributed by atoms with Crippen LogP contribution in [0.5, 0.6) is 5.75 Å². The van der Waals surface area contributed by atoms with Gasteiger partial charge in [0.25, 0.3) is 5.78 Å². The van der Waals surface area contributed by atoms with E-state index in [1.165, 1.54) is 25.3 Å². The molecule has 0 unspecified atom stereocenters. The molecule has 1 aliphatic heterocycles. The molecule has 2 heterocycles. The number of carbonyl (C=O) groups is 3. The Balaban J connectivity index is 1.90. The molecule has 0 radical (unpaired) electrons. The van der Waals surface area contributed by atoms with Gasteiger partial charge in [-0.25, -0.2) is 14.2 Å². The van der Waals surface area contributed by atoms with Crippen molar-refractivity contribution in [1.29, 1.82) is 0 Å². The fraction of sp³-hybridized carbons (Fsp3) is 0.259. The molecule has 1 amide bonds. The van der Waals surface area contributed by atoms with Crippen LogP contribution in [0.3, 0.4) is 0 Å². The van der Waals surface area contributed by atoms with Gasteiger partial charge in [-0.05, 0) is 50.1 Å².